The molecule has 5 nitrogen and oxygen atoms in total. The molecule has 0 saturated heterocycles. The van der Waals surface area contributed by atoms with Gasteiger partial charge in [-0.3, -0.25) is 4.79 Å². The summed E-state index contributed by atoms with van der Waals surface area (Å²) < 4.78 is 1.55. The fourth-order valence-corrected chi connectivity index (χ4v) is 1.18. The number of rotatable bonds is 2. The van der Waals surface area contributed by atoms with Crippen LogP contribution in [-0.2, 0) is 11.2 Å². The zero-order chi connectivity index (χ0) is 9.26. The number of tetrazole rings is 1. The van der Waals surface area contributed by atoms with E-state index in [2.05, 4.69) is 15.5 Å². The van der Waals surface area contributed by atoms with Crippen molar-refractivity contribution in [3.8, 4) is 0 Å². The van der Waals surface area contributed by atoms with E-state index in [0.717, 1.165) is 5.56 Å². The Morgan fingerprint density at radius 2 is 2.38 bits per heavy atom. The third kappa shape index (κ3) is 1.53. The van der Waals surface area contributed by atoms with Gasteiger partial charge in [0.1, 0.15) is 5.78 Å². The van der Waals surface area contributed by atoms with Gasteiger partial charge in [0.25, 0.3) is 0 Å². The molecule has 0 aliphatic carbocycles. The van der Waals surface area contributed by atoms with Gasteiger partial charge in [0.05, 0.1) is 0 Å². The van der Waals surface area contributed by atoms with E-state index in [9.17, 15) is 4.79 Å². The molecular weight excluding hydrogens is 168 g/mol. The summed E-state index contributed by atoms with van der Waals surface area (Å²) >= 11 is 0. The number of pyridine rings is 1. The maximum atomic E-state index is 10.8. The first-order chi connectivity index (χ1) is 6.25. The second kappa shape index (κ2) is 2.93. The van der Waals surface area contributed by atoms with Crippen LogP contribution in [0.4, 0.5) is 0 Å². The predicted octanol–water partition coefficient (Wildman–Crippen LogP) is 0.256. The average Bonchev–Trinajstić information content (AvgIpc) is 2.49. The Balaban J connectivity index is 2.42. The van der Waals surface area contributed by atoms with Gasteiger partial charge >= 0.3 is 0 Å². The number of Topliss-reactive ketones (excluding diaryl/α,β-unsaturated/α-hetero) is 1. The molecule has 13 heavy (non-hydrogen) atoms. The molecule has 2 heterocycles. The largest absolute Gasteiger partial charge is 0.300 e. The van der Waals surface area contributed by atoms with Gasteiger partial charge in [0, 0.05) is 12.6 Å². The third-order valence-corrected chi connectivity index (χ3v) is 1.71. The molecule has 0 unspecified atom stereocenters. The molecule has 2 rings (SSSR count). The Labute approximate surface area is 74.4 Å². The van der Waals surface area contributed by atoms with Crippen LogP contribution < -0.4 is 0 Å². The Bertz CT molecular complexity index is 448. The Morgan fingerprint density at radius 3 is 3.15 bits per heavy atom. The van der Waals surface area contributed by atoms with E-state index in [1.54, 1.807) is 23.7 Å². The number of carbonyl (C=O) groups is 1. The molecule has 0 saturated carbocycles. The van der Waals surface area contributed by atoms with Crippen LogP contribution in [-0.4, -0.2) is 25.8 Å². The molecule has 0 radical (unpaired) electrons. The summed E-state index contributed by atoms with van der Waals surface area (Å²) in [5, 5.41) is 11.0. The van der Waals surface area contributed by atoms with Gasteiger partial charge < -0.3 is 0 Å². The van der Waals surface area contributed by atoms with Crippen LogP contribution in [0.15, 0.2) is 18.3 Å². The summed E-state index contributed by atoms with van der Waals surface area (Å²) in [4.78, 5) is 10.8. The lowest BCUT2D eigenvalue weighted by Gasteiger charge is -1.96. The van der Waals surface area contributed by atoms with E-state index in [1.807, 2.05) is 6.07 Å². The van der Waals surface area contributed by atoms with Crippen molar-refractivity contribution in [2.75, 3.05) is 0 Å². The minimum absolute atomic E-state index is 0.132. The van der Waals surface area contributed by atoms with Crippen LogP contribution in [0.2, 0.25) is 0 Å². The average molecular weight is 176 g/mol. The lowest BCUT2D eigenvalue weighted by molar-refractivity contribution is -0.116. The molecule has 0 spiro atoms. The highest BCUT2D eigenvalue weighted by molar-refractivity contribution is 5.78. The van der Waals surface area contributed by atoms with E-state index in [-0.39, 0.29) is 5.78 Å². The van der Waals surface area contributed by atoms with Gasteiger partial charge in [-0.2, -0.15) is 0 Å². The van der Waals surface area contributed by atoms with Crippen LogP contribution in [0.1, 0.15) is 12.5 Å². The fourth-order valence-electron chi connectivity index (χ4n) is 1.18. The highest BCUT2D eigenvalue weighted by Gasteiger charge is 2.00. The maximum absolute atomic E-state index is 10.8. The Kier molecular flexibility index (Phi) is 1.77. The first-order valence-corrected chi connectivity index (χ1v) is 3.92. The van der Waals surface area contributed by atoms with E-state index >= 15 is 0 Å². The van der Waals surface area contributed by atoms with Crippen LogP contribution in [0.25, 0.3) is 5.65 Å². The summed E-state index contributed by atoms with van der Waals surface area (Å²) in [6.45, 7) is 1.56. The standard InChI is InChI=1S/C8H8N4O/c1-6(13)4-7-2-3-8-9-10-11-12(8)5-7/h2-3,5H,4H2,1H3. The molecule has 0 bridgehead atoms. The lowest BCUT2D eigenvalue weighted by atomic mass is 10.1. The first-order valence-electron chi connectivity index (χ1n) is 3.92. The van der Waals surface area contributed by atoms with Crippen LogP contribution in [0.3, 0.4) is 0 Å². The zero-order valence-corrected chi connectivity index (χ0v) is 7.14. The number of hydrogen-bond donors (Lipinski definition) is 0. The molecule has 0 fully saturated rings. The summed E-state index contributed by atoms with van der Waals surface area (Å²) in [5.74, 6) is 0.132. The minimum Gasteiger partial charge on any atom is -0.300 e. The SMILES string of the molecule is CC(=O)Cc1ccc2nnnn2c1. The van der Waals surface area contributed by atoms with Crippen molar-refractivity contribution >= 4 is 11.4 Å². The van der Waals surface area contributed by atoms with Crippen LogP contribution in [0.5, 0.6) is 0 Å². The predicted molar refractivity (Wildman–Crippen MR) is 45.2 cm³/mol. The summed E-state index contributed by atoms with van der Waals surface area (Å²) in [6, 6.07) is 3.64. The van der Waals surface area contributed by atoms with Crippen molar-refractivity contribution in [3.63, 3.8) is 0 Å². The van der Waals surface area contributed by atoms with Crippen molar-refractivity contribution in [1.29, 1.82) is 0 Å². The molecule has 0 N–H and O–H groups in total. The third-order valence-electron chi connectivity index (χ3n) is 1.71. The first kappa shape index (κ1) is 7.85. The molecule has 0 aliphatic rings. The normalized spacial score (nSPS) is 10.5. The van der Waals surface area contributed by atoms with Gasteiger partial charge in [-0.15, -0.1) is 5.10 Å². The number of hydrogen-bond acceptors (Lipinski definition) is 4. The Hall–Kier alpha value is -1.78. The molecule has 2 aromatic heterocycles. The van der Waals surface area contributed by atoms with Crippen LogP contribution >= 0.6 is 0 Å². The maximum Gasteiger partial charge on any atom is 0.179 e. The number of nitrogens with zero attached hydrogens (tertiary/aromatic N) is 4. The molecule has 0 aliphatic heterocycles. The smallest absolute Gasteiger partial charge is 0.179 e. The molecule has 0 atom stereocenters. The summed E-state index contributed by atoms with van der Waals surface area (Å²) in [6.07, 6.45) is 2.19. The summed E-state index contributed by atoms with van der Waals surface area (Å²) in [7, 11) is 0. The number of fused-ring (bicyclic) bond motifs is 1. The van der Waals surface area contributed by atoms with E-state index < -0.39 is 0 Å². The van der Waals surface area contributed by atoms with Gasteiger partial charge in [-0.05, 0) is 29.0 Å². The number of carbonyl (C=O) groups excluding carboxylic acids is 1. The van der Waals surface area contributed by atoms with Crippen molar-refractivity contribution in [3.05, 3.63) is 23.9 Å². The second-order valence-corrected chi connectivity index (χ2v) is 2.90. The van der Waals surface area contributed by atoms with Crippen molar-refractivity contribution in [2.45, 2.75) is 13.3 Å². The van der Waals surface area contributed by atoms with Crippen LogP contribution in [0, 0.1) is 0 Å². The molecule has 66 valence electrons. The number of aromatic nitrogens is 4. The molecule has 0 aromatic carbocycles. The topological polar surface area (TPSA) is 60.2 Å². The van der Waals surface area contributed by atoms with Gasteiger partial charge in [-0.25, -0.2) is 4.52 Å². The van der Waals surface area contributed by atoms with Gasteiger partial charge in [0.2, 0.25) is 0 Å². The van der Waals surface area contributed by atoms with Crippen molar-refractivity contribution in [1.82, 2.24) is 20.0 Å². The minimum atomic E-state index is 0.132. The van der Waals surface area contributed by atoms with E-state index in [1.165, 1.54) is 0 Å². The quantitative estimate of drug-likeness (QED) is 0.658. The summed E-state index contributed by atoms with van der Waals surface area (Å²) in [5.41, 5.74) is 1.61. The molecular formula is C8H8N4O. The molecule has 0 amide bonds. The Morgan fingerprint density at radius 1 is 1.54 bits per heavy atom. The van der Waals surface area contributed by atoms with E-state index in [4.69, 9.17) is 0 Å². The van der Waals surface area contributed by atoms with Crippen molar-refractivity contribution < 1.29 is 4.79 Å². The van der Waals surface area contributed by atoms with Crippen molar-refractivity contribution in [2.24, 2.45) is 0 Å². The van der Waals surface area contributed by atoms with Gasteiger partial charge in [-0.1, -0.05) is 6.07 Å². The zero-order valence-electron chi connectivity index (χ0n) is 7.14. The second-order valence-electron chi connectivity index (χ2n) is 2.90. The highest BCUT2D eigenvalue weighted by Crippen LogP contribution is 2.02. The fraction of sp³-hybridized carbons (Fsp3) is 0.250. The molecule has 5 heteroatoms. The highest BCUT2D eigenvalue weighted by atomic mass is 16.1. The lowest BCUT2D eigenvalue weighted by Crippen LogP contribution is -1.98. The monoisotopic (exact) mass is 176 g/mol. The molecule has 2 aromatic rings. The number of ketones is 1. The van der Waals surface area contributed by atoms with E-state index in [0.29, 0.717) is 12.1 Å². The van der Waals surface area contributed by atoms with Gasteiger partial charge in [0.15, 0.2) is 5.65 Å².